The van der Waals surface area contributed by atoms with E-state index in [1.807, 2.05) is 6.92 Å². The summed E-state index contributed by atoms with van der Waals surface area (Å²) in [6.07, 6.45) is 2.98. The highest BCUT2D eigenvalue weighted by atomic mass is 32.2. The van der Waals surface area contributed by atoms with E-state index in [0.29, 0.717) is 17.5 Å². The Kier molecular flexibility index (Phi) is 4.57. The fourth-order valence-electron chi connectivity index (χ4n) is 1.57. The van der Waals surface area contributed by atoms with E-state index in [2.05, 4.69) is 20.5 Å². The lowest BCUT2D eigenvalue weighted by Crippen LogP contribution is -2.31. The van der Waals surface area contributed by atoms with Crippen molar-refractivity contribution < 1.29 is 4.79 Å². The van der Waals surface area contributed by atoms with Crippen LogP contribution < -0.4 is 10.7 Å². The number of aryl methyl sites for hydroxylation is 2. The second-order valence-electron chi connectivity index (χ2n) is 4.20. The lowest BCUT2D eigenvalue weighted by molar-refractivity contribution is 0.0954. The number of thioether (sulfide) groups is 1. The largest absolute Gasteiger partial charge is 0.354 e. The molecule has 8 heteroatoms. The van der Waals surface area contributed by atoms with Gasteiger partial charge in [0.15, 0.2) is 10.6 Å². The quantitative estimate of drug-likeness (QED) is 0.612. The number of nitrogens with zero attached hydrogens (tertiary/aromatic N) is 3. The highest BCUT2D eigenvalue weighted by molar-refractivity contribution is 7.99. The minimum Gasteiger partial charge on any atom is -0.354 e. The Labute approximate surface area is 119 Å². The van der Waals surface area contributed by atoms with Crippen molar-refractivity contribution in [2.45, 2.75) is 12.1 Å². The SMILES string of the molecule is Cc1cc(=O)c(C(=O)NCCSc2ncn[nH]2)cn1C. The normalized spacial score (nSPS) is 10.5. The number of hydrogen-bond acceptors (Lipinski definition) is 5. The van der Waals surface area contributed by atoms with Gasteiger partial charge in [-0.05, 0) is 6.92 Å². The van der Waals surface area contributed by atoms with Gasteiger partial charge in [-0.15, -0.1) is 0 Å². The van der Waals surface area contributed by atoms with Gasteiger partial charge in [-0.3, -0.25) is 14.7 Å². The number of pyridine rings is 1. The molecule has 0 fully saturated rings. The van der Waals surface area contributed by atoms with Crippen molar-refractivity contribution in [1.82, 2.24) is 25.1 Å². The third-order valence-corrected chi connectivity index (χ3v) is 3.63. The predicted octanol–water partition coefficient (Wildman–Crippen LogP) is 0.334. The molecule has 2 rings (SSSR count). The maximum absolute atomic E-state index is 11.9. The molecule has 20 heavy (non-hydrogen) atoms. The first-order chi connectivity index (χ1) is 9.58. The zero-order chi connectivity index (χ0) is 14.5. The molecule has 0 aliphatic carbocycles. The number of hydrogen-bond donors (Lipinski definition) is 2. The van der Waals surface area contributed by atoms with Gasteiger partial charge >= 0.3 is 0 Å². The molecule has 0 unspecified atom stereocenters. The summed E-state index contributed by atoms with van der Waals surface area (Å²) in [5.41, 5.74) is 0.705. The number of rotatable bonds is 5. The van der Waals surface area contributed by atoms with Gasteiger partial charge in [0.05, 0.1) is 0 Å². The summed E-state index contributed by atoms with van der Waals surface area (Å²) in [6.45, 7) is 2.26. The molecule has 0 radical (unpaired) electrons. The zero-order valence-corrected chi connectivity index (χ0v) is 12.0. The minimum absolute atomic E-state index is 0.155. The average Bonchev–Trinajstić information content (AvgIpc) is 2.92. The lowest BCUT2D eigenvalue weighted by atomic mass is 10.2. The van der Waals surface area contributed by atoms with E-state index in [0.717, 1.165) is 5.69 Å². The monoisotopic (exact) mass is 293 g/mol. The minimum atomic E-state index is -0.358. The molecular formula is C12H15N5O2S. The Morgan fingerprint density at radius 3 is 3.05 bits per heavy atom. The maximum Gasteiger partial charge on any atom is 0.256 e. The Balaban J connectivity index is 1.89. The van der Waals surface area contributed by atoms with Crippen LogP contribution in [0.1, 0.15) is 16.1 Å². The van der Waals surface area contributed by atoms with Crippen LogP contribution in [-0.4, -0.2) is 38.0 Å². The fraction of sp³-hybridized carbons (Fsp3) is 0.333. The molecule has 0 saturated carbocycles. The van der Waals surface area contributed by atoms with Crippen LogP contribution in [0.2, 0.25) is 0 Å². The van der Waals surface area contributed by atoms with Crippen LogP contribution in [0, 0.1) is 6.92 Å². The lowest BCUT2D eigenvalue weighted by Gasteiger charge is -2.07. The van der Waals surface area contributed by atoms with Crippen molar-refractivity contribution in [3.05, 3.63) is 40.1 Å². The molecule has 0 atom stereocenters. The summed E-state index contributed by atoms with van der Waals surface area (Å²) in [5, 5.41) is 9.85. The van der Waals surface area contributed by atoms with Crippen LogP contribution in [-0.2, 0) is 7.05 Å². The van der Waals surface area contributed by atoms with Crippen molar-refractivity contribution in [2.75, 3.05) is 12.3 Å². The fourth-order valence-corrected chi connectivity index (χ4v) is 2.21. The molecule has 0 aromatic carbocycles. The Hall–Kier alpha value is -2.09. The van der Waals surface area contributed by atoms with Crippen molar-refractivity contribution in [1.29, 1.82) is 0 Å². The molecule has 0 bridgehead atoms. The summed E-state index contributed by atoms with van der Waals surface area (Å²) < 4.78 is 1.75. The number of aromatic nitrogens is 4. The van der Waals surface area contributed by atoms with Gasteiger partial charge in [0.25, 0.3) is 5.91 Å². The molecular weight excluding hydrogens is 278 g/mol. The van der Waals surface area contributed by atoms with Crippen LogP contribution in [0.15, 0.2) is 28.5 Å². The molecule has 2 N–H and O–H groups in total. The summed E-state index contributed by atoms with van der Waals surface area (Å²) in [4.78, 5) is 27.6. The number of carbonyl (C=O) groups is 1. The van der Waals surface area contributed by atoms with Gasteiger partial charge in [-0.2, -0.15) is 5.10 Å². The topological polar surface area (TPSA) is 92.7 Å². The number of nitrogens with one attached hydrogen (secondary N) is 2. The Bertz CT molecular complexity index is 650. The van der Waals surface area contributed by atoms with Gasteiger partial charge in [-0.1, -0.05) is 11.8 Å². The molecule has 2 heterocycles. The first-order valence-electron chi connectivity index (χ1n) is 6.01. The van der Waals surface area contributed by atoms with Crippen LogP contribution in [0.4, 0.5) is 0 Å². The number of carbonyl (C=O) groups excluding carboxylic acids is 1. The molecule has 0 aliphatic rings. The van der Waals surface area contributed by atoms with E-state index < -0.39 is 0 Å². The summed E-state index contributed by atoms with van der Waals surface area (Å²) >= 11 is 1.45. The standard InChI is InChI=1S/C12H15N5O2S/c1-8-5-10(18)9(6-17(8)2)11(19)13-3-4-20-12-14-7-15-16-12/h5-7H,3-4H2,1-2H3,(H,13,19)(H,14,15,16). The summed E-state index contributed by atoms with van der Waals surface area (Å²) in [5.74, 6) is 0.288. The maximum atomic E-state index is 11.9. The molecule has 0 saturated heterocycles. The molecule has 7 nitrogen and oxygen atoms in total. The average molecular weight is 293 g/mol. The molecule has 0 spiro atoms. The van der Waals surface area contributed by atoms with Crippen molar-refractivity contribution in [2.24, 2.45) is 7.05 Å². The van der Waals surface area contributed by atoms with E-state index in [1.165, 1.54) is 24.2 Å². The van der Waals surface area contributed by atoms with Gasteiger partial charge in [0.1, 0.15) is 11.9 Å². The van der Waals surface area contributed by atoms with E-state index in [4.69, 9.17) is 0 Å². The summed E-state index contributed by atoms with van der Waals surface area (Å²) in [7, 11) is 1.80. The van der Waals surface area contributed by atoms with Gasteiger partial charge in [-0.25, -0.2) is 4.98 Å². The Morgan fingerprint density at radius 2 is 2.35 bits per heavy atom. The van der Waals surface area contributed by atoms with E-state index in [1.54, 1.807) is 17.8 Å². The number of H-pyrrole nitrogens is 1. The van der Waals surface area contributed by atoms with Crippen LogP contribution in [0.3, 0.4) is 0 Å². The van der Waals surface area contributed by atoms with Gasteiger partial charge in [0, 0.05) is 37.3 Å². The predicted molar refractivity (Wildman–Crippen MR) is 75.9 cm³/mol. The molecule has 0 aliphatic heterocycles. The third-order valence-electron chi connectivity index (χ3n) is 2.75. The van der Waals surface area contributed by atoms with Gasteiger partial charge < -0.3 is 9.88 Å². The van der Waals surface area contributed by atoms with E-state index in [9.17, 15) is 9.59 Å². The smallest absolute Gasteiger partial charge is 0.256 e. The number of amides is 1. The number of aromatic amines is 1. The molecule has 1 amide bonds. The highest BCUT2D eigenvalue weighted by Crippen LogP contribution is 2.08. The van der Waals surface area contributed by atoms with Gasteiger partial charge in [0.2, 0.25) is 0 Å². The second-order valence-corrected chi connectivity index (χ2v) is 5.28. The first-order valence-corrected chi connectivity index (χ1v) is 7.00. The summed E-state index contributed by atoms with van der Waals surface area (Å²) in [6, 6.07) is 1.46. The Morgan fingerprint density at radius 1 is 1.55 bits per heavy atom. The molecule has 2 aromatic heterocycles. The van der Waals surface area contributed by atoms with Crippen molar-refractivity contribution in [3.63, 3.8) is 0 Å². The van der Waals surface area contributed by atoms with Crippen LogP contribution in [0.5, 0.6) is 0 Å². The molecule has 106 valence electrons. The first kappa shape index (κ1) is 14.3. The van der Waals surface area contributed by atoms with Crippen LogP contribution in [0.25, 0.3) is 0 Å². The van der Waals surface area contributed by atoms with Crippen molar-refractivity contribution >= 4 is 17.7 Å². The molecule has 2 aromatic rings. The van der Waals surface area contributed by atoms with Crippen LogP contribution >= 0.6 is 11.8 Å². The second kappa shape index (κ2) is 6.38. The van der Waals surface area contributed by atoms with Crippen molar-refractivity contribution in [3.8, 4) is 0 Å². The van der Waals surface area contributed by atoms with E-state index in [-0.39, 0.29) is 16.9 Å². The zero-order valence-electron chi connectivity index (χ0n) is 11.2. The van der Waals surface area contributed by atoms with E-state index >= 15 is 0 Å². The third kappa shape index (κ3) is 3.47. The highest BCUT2D eigenvalue weighted by Gasteiger charge is 2.10.